The van der Waals surface area contributed by atoms with Crippen LogP contribution in [0.15, 0.2) is 42.6 Å². The van der Waals surface area contributed by atoms with E-state index in [1.807, 2.05) is 44.2 Å². The molecule has 0 aliphatic carbocycles. The fraction of sp³-hybridized carbons (Fsp3) is 0.350. The van der Waals surface area contributed by atoms with Gasteiger partial charge in [0, 0.05) is 48.8 Å². The van der Waals surface area contributed by atoms with Crippen LogP contribution in [0.5, 0.6) is 0 Å². The van der Waals surface area contributed by atoms with Gasteiger partial charge in [0.2, 0.25) is 5.91 Å². The van der Waals surface area contributed by atoms with Crippen LogP contribution in [-0.4, -0.2) is 53.6 Å². The van der Waals surface area contributed by atoms with Gasteiger partial charge in [0.1, 0.15) is 11.6 Å². The molecule has 2 N–H and O–H groups in total. The van der Waals surface area contributed by atoms with Gasteiger partial charge in [-0.3, -0.25) is 9.69 Å². The second-order valence-corrected chi connectivity index (χ2v) is 6.46. The molecule has 1 aliphatic heterocycles. The fourth-order valence-electron chi connectivity index (χ4n) is 2.74. The largest absolute Gasteiger partial charge is 0.379 e. The predicted octanol–water partition coefficient (Wildman–Crippen LogP) is 2.66. The van der Waals surface area contributed by atoms with Gasteiger partial charge < -0.3 is 15.4 Å². The molecule has 0 radical (unpaired) electrons. The molecule has 0 atom stereocenters. The Morgan fingerprint density at radius 1 is 1.26 bits per heavy atom. The van der Waals surface area contributed by atoms with Gasteiger partial charge in [0.15, 0.2) is 0 Å². The molecule has 7 heteroatoms. The van der Waals surface area contributed by atoms with Gasteiger partial charge in [-0.05, 0) is 32.0 Å². The van der Waals surface area contributed by atoms with Gasteiger partial charge in [-0.2, -0.15) is 0 Å². The summed E-state index contributed by atoms with van der Waals surface area (Å²) in [6.07, 6.45) is 5.25. The van der Waals surface area contributed by atoms with E-state index in [9.17, 15) is 4.79 Å². The Hall–Kier alpha value is -2.77. The first-order valence-electron chi connectivity index (χ1n) is 9.05. The number of nitrogens with one attached hydrogen (secondary N) is 2. The number of nitrogens with zero attached hydrogens (tertiary/aromatic N) is 3. The Balaban J connectivity index is 1.56. The first-order chi connectivity index (χ1) is 13.1. The lowest BCUT2D eigenvalue weighted by Gasteiger charge is -2.25. The number of carbonyl (C=O) groups is 1. The maximum atomic E-state index is 12.1. The minimum atomic E-state index is -0.144. The molecule has 142 valence electrons. The lowest BCUT2D eigenvalue weighted by Crippen LogP contribution is -2.36. The molecule has 0 unspecified atom stereocenters. The van der Waals surface area contributed by atoms with Crippen molar-refractivity contribution in [3.63, 3.8) is 0 Å². The number of carbonyl (C=O) groups excluding carboxylic acids is 1. The number of hydrogen-bond acceptors (Lipinski definition) is 6. The molecule has 0 bridgehead atoms. The second kappa shape index (κ2) is 9.25. The van der Waals surface area contributed by atoms with E-state index >= 15 is 0 Å². The van der Waals surface area contributed by atoms with Gasteiger partial charge in [0.05, 0.1) is 13.2 Å². The highest BCUT2D eigenvalue weighted by molar-refractivity contribution is 5.99. The molecular weight excluding hydrogens is 342 g/mol. The summed E-state index contributed by atoms with van der Waals surface area (Å²) in [5.74, 6) is 1.32. The van der Waals surface area contributed by atoms with Crippen molar-refractivity contribution < 1.29 is 9.53 Å². The molecule has 1 saturated heterocycles. The van der Waals surface area contributed by atoms with E-state index in [1.54, 1.807) is 12.3 Å². The third-order valence-corrected chi connectivity index (χ3v) is 4.22. The zero-order valence-electron chi connectivity index (χ0n) is 15.7. The minimum Gasteiger partial charge on any atom is -0.379 e. The average Bonchev–Trinajstić information content (AvgIpc) is 2.66. The Bertz CT molecular complexity index is 816. The van der Waals surface area contributed by atoms with E-state index in [2.05, 4.69) is 25.5 Å². The summed E-state index contributed by atoms with van der Waals surface area (Å²) in [5.41, 5.74) is 2.54. The van der Waals surface area contributed by atoms with Crippen LogP contribution in [0.4, 0.5) is 17.2 Å². The number of amides is 1. The van der Waals surface area contributed by atoms with Crippen LogP contribution < -0.4 is 10.6 Å². The van der Waals surface area contributed by atoms with Crippen molar-refractivity contribution in [2.75, 3.05) is 43.5 Å². The van der Waals surface area contributed by atoms with Crippen LogP contribution in [0.3, 0.4) is 0 Å². The number of anilines is 3. The van der Waals surface area contributed by atoms with Crippen LogP contribution in [0.2, 0.25) is 0 Å². The molecule has 1 aliphatic rings. The van der Waals surface area contributed by atoms with E-state index in [1.165, 1.54) is 0 Å². The molecule has 0 saturated carbocycles. The Labute approximate surface area is 159 Å². The van der Waals surface area contributed by atoms with Crippen molar-refractivity contribution in [3.8, 4) is 0 Å². The van der Waals surface area contributed by atoms with Crippen molar-refractivity contribution in [3.05, 3.63) is 54.0 Å². The van der Waals surface area contributed by atoms with Crippen molar-refractivity contribution >= 4 is 23.1 Å². The molecule has 1 fully saturated rings. The van der Waals surface area contributed by atoms with Crippen LogP contribution in [0.1, 0.15) is 11.4 Å². The number of ether oxygens (including phenoxy) is 1. The smallest absolute Gasteiger partial charge is 0.248 e. The Morgan fingerprint density at radius 3 is 2.85 bits per heavy atom. The molecule has 0 spiro atoms. The van der Waals surface area contributed by atoms with Crippen molar-refractivity contribution in [1.29, 1.82) is 0 Å². The number of rotatable bonds is 6. The first-order valence-corrected chi connectivity index (χ1v) is 9.05. The third-order valence-electron chi connectivity index (χ3n) is 4.22. The molecule has 1 amide bonds. The van der Waals surface area contributed by atoms with E-state index < -0.39 is 0 Å². The summed E-state index contributed by atoms with van der Waals surface area (Å²) in [6, 6.07) is 7.56. The SMILES string of the molecule is Cc1ncc(C)c(Nc2cccc(NC(=O)/C=C/CN3CCOCC3)c2)n1. The molecule has 3 rings (SSSR count). The molecule has 2 heterocycles. The zero-order valence-corrected chi connectivity index (χ0v) is 15.7. The second-order valence-electron chi connectivity index (χ2n) is 6.46. The molecule has 2 aromatic rings. The number of morpholine rings is 1. The van der Waals surface area contributed by atoms with Crippen LogP contribution >= 0.6 is 0 Å². The summed E-state index contributed by atoms with van der Waals surface area (Å²) in [7, 11) is 0. The normalized spacial score (nSPS) is 15.0. The highest BCUT2D eigenvalue weighted by Gasteiger charge is 2.08. The summed E-state index contributed by atoms with van der Waals surface area (Å²) in [5, 5.41) is 6.16. The lowest BCUT2D eigenvalue weighted by atomic mass is 10.2. The number of aryl methyl sites for hydroxylation is 2. The summed E-state index contributed by atoms with van der Waals surface area (Å²) >= 11 is 0. The van der Waals surface area contributed by atoms with Gasteiger partial charge in [0.25, 0.3) is 0 Å². The van der Waals surface area contributed by atoms with Crippen LogP contribution in [0, 0.1) is 13.8 Å². The number of aromatic nitrogens is 2. The quantitative estimate of drug-likeness (QED) is 0.764. The highest BCUT2D eigenvalue weighted by Crippen LogP contribution is 2.21. The summed E-state index contributed by atoms with van der Waals surface area (Å²) < 4.78 is 5.31. The topological polar surface area (TPSA) is 79.4 Å². The zero-order chi connectivity index (χ0) is 19.1. The maximum Gasteiger partial charge on any atom is 0.248 e. The number of hydrogen-bond donors (Lipinski definition) is 2. The number of benzene rings is 1. The Kier molecular flexibility index (Phi) is 6.51. The van der Waals surface area contributed by atoms with E-state index in [0.717, 1.165) is 55.6 Å². The van der Waals surface area contributed by atoms with E-state index in [-0.39, 0.29) is 5.91 Å². The maximum absolute atomic E-state index is 12.1. The Morgan fingerprint density at radius 2 is 2.04 bits per heavy atom. The lowest BCUT2D eigenvalue weighted by molar-refractivity contribution is -0.111. The average molecular weight is 367 g/mol. The van der Waals surface area contributed by atoms with Crippen LogP contribution in [0.25, 0.3) is 0 Å². The van der Waals surface area contributed by atoms with Crippen molar-refractivity contribution in [2.24, 2.45) is 0 Å². The third kappa shape index (κ3) is 5.87. The predicted molar refractivity (Wildman–Crippen MR) is 106 cm³/mol. The van der Waals surface area contributed by atoms with Crippen molar-refractivity contribution in [1.82, 2.24) is 14.9 Å². The van der Waals surface area contributed by atoms with Gasteiger partial charge >= 0.3 is 0 Å². The molecule has 1 aromatic carbocycles. The molecule has 27 heavy (non-hydrogen) atoms. The summed E-state index contributed by atoms with van der Waals surface area (Å²) in [4.78, 5) is 23.0. The first kappa shape index (κ1) is 19.0. The molecule has 1 aromatic heterocycles. The van der Waals surface area contributed by atoms with Crippen LogP contribution in [-0.2, 0) is 9.53 Å². The van der Waals surface area contributed by atoms with E-state index in [0.29, 0.717) is 5.82 Å². The molecule has 7 nitrogen and oxygen atoms in total. The van der Waals surface area contributed by atoms with Gasteiger partial charge in [-0.1, -0.05) is 12.1 Å². The monoisotopic (exact) mass is 367 g/mol. The van der Waals surface area contributed by atoms with E-state index in [4.69, 9.17) is 4.74 Å². The fourth-order valence-corrected chi connectivity index (χ4v) is 2.74. The molecular formula is C20H25N5O2. The van der Waals surface area contributed by atoms with Crippen molar-refractivity contribution in [2.45, 2.75) is 13.8 Å². The van der Waals surface area contributed by atoms with Gasteiger partial charge in [-0.15, -0.1) is 0 Å². The summed E-state index contributed by atoms with van der Waals surface area (Å²) in [6.45, 7) is 7.88. The highest BCUT2D eigenvalue weighted by atomic mass is 16.5. The minimum absolute atomic E-state index is 0.144. The van der Waals surface area contributed by atoms with Gasteiger partial charge in [-0.25, -0.2) is 9.97 Å². The standard InChI is InChI=1S/C20H25N5O2/c1-15-14-21-16(2)22-20(15)24-18-6-3-5-17(13-18)23-19(26)7-4-8-25-9-11-27-12-10-25/h3-7,13-14H,8-12H2,1-2H3,(H,23,26)(H,21,22,24)/b7-4+.